The Morgan fingerprint density at radius 1 is 1.20 bits per heavy atom. The molecule has 0 aliphatic rings. The van der Waals surface area contributed by atoms with Crippen LogP contribution in [0.1, 0.15) is 23.3 Å². The van der Waals surface area contributed by atoms with Crippen LogP contribution in [0.3, 0.4) is 0 Å². The molecule has 0 aromatic carbocycles. The summed E-state index contributed by atoms with van der Waals surface area (Å²) in [6.07, 6.45) is 4.83. The normalized spacial score (nSPS) is 10.3. The number of carbonyl (C=O) groups is 1. The fourth-order valence-corrected chi connectivity index (χ4v) is 1.44. The lowest BCUT2D eigenvalue weighted by Crippen LogP contribution is -2.10. The minimum atomic E-state index is -0.493. The summed E-state index contributed by atoms with van der Waals surface area (Å²) in [7, 11) is 2.96. The zero-order chi connectivity index (χ0) is 14.6. The van der Waals surface area contributed by atoms with E-state index in [1.165, 1.54) is 13.3 Å². The number of aromatic nitrogens is 2. The monoisotopic (exact) mass is 283 g/mol. The number of nitrogens with one attached hydrogen (secondary N) is 1. The summed E-state index contributed by atoms with van der Waals surface area (Å²) in [4.78, 5) is 19.3. The van der Waals surface area contributed by atoms with Crippen LogP contribution in [0.4, 0.5) is 5.82 Å². The number of methoxy groups -OCH3 is 2. The molecular formula is C13H21N3O4. The van der Waals surface area contributed by atoms with E-state index in [0.717, 1.165) is 19.4 Å². The largest absolute Gasteiger partial charge is 0.464 e. The third-order valence-electron chi connectivity index (χ3n) is 2.48. The SMILES string of the molecule is COCCOCCCCNc1cncc(C(=O)OC)n1. The van der Waals surface area contributed by atoms with E-state index in [0.29, 0.717) is 25.6 Å². The number of anilines is 1. The molecular weight excluding hydrogens is 262 g/mol. The Morgan fingerprint density at radius 2 is 2.05 bits per heavy atom. The molecule has 0 fully saturated rings. The van der Waals surface area contributed by atoms with E-state index < -0.39 is 5.97 Å². The van der Waals surface area contributed by atoms with Crippen molar-refractivity contribution < 1.29 is 19.0 Å². The fraction of sp³-hybridized carbons (Fsp3) is 0.615. The number of hydrogen-bond acceptors (Lipinski definition) is 7. The van der Waals surface area contributed by atoms with Gasteiger partial charge in [-0.25, -0.2) is 9.78 Å². The van der Waals surface area contributed by atoms with E-state index in [-0.39, 0.29) is 5.69 Å². The molecule has 0 aliphatic heterocycles. The molecule has 0 amide bonds. The van der Waals surface area contributed by atoms with Crippen LogP contribution in [-0.4, -0.2) is 56.5 Å². The molecule has 0 bridgehead atoms. The van der Waals surface area contributed by atoms with Crippen LogP contribution in [0, 0.1) is 0 Å². The number of esters is 1. The highest BCUT2D eigenvalue weighted by Gasteiger charge is 2.07. The molecule has 0 aliphatic carbocycles. The fourth-order valence-electron chi connectivity index (χ4n) is 1.44. The predicted octanol–water partition coefficient (Wildman–Crippen LogP) is 1.12. The predicted molar refractivity (Wildman–Crippen MR) is 73.8 cm³/mol. The average Bonchev–Trinajstić information content (AvgIpc) is 2.49. The maximum Gasteiger partial charge on any atom is 0.358 e. The van der Waals surface area contributed by atoms with Gasteiger partial charge in [0.2, 0.25) is 0 Å². The number of ether oxygens (including phenoxy) is 3. The van der Waals surface area contributed by atoms with Crippen molar-refractivity contribution in [3.63, 3.8) is 0 Å². The summed E-state index contributed by atoms with van der Waals surface area (Å²) in [5, 5.41) is 3.10. The van der Waals surface area contributed by atoms with Gasteiger partial charge in [0, 0.05) is 20.3 Å². The molecule has 1 heterocycles. The Kier molecular flexibility index (Phi) is 8.25. The minimum Gasteiger partial charge on any atom is -0.464 e. The van der Waals surface area contributed by atoms with Crippen LogP contribution in [-0.2, 0) is 14.2 Å². The van der Waals surface area contributed by atoms with Gasteiger partial charge in [-0.1, -0.05) is 0 Å². The Balaban J connectivity index is 2.17. The van der Waals surface area contributed by atoms with Gasteiger partial charge < -0.3 is 19.5 Å². The topological polar surface area (TPSA) is 82.6 Å². The molecule has 1 rings (SSSR count). The number of nitrogens with zero attached hydrogens (tertiary/aromatic N) is 2. The lowest BCUT2D eigenvalue weighted by atomic mass is 10.3. The van der Waals surface area contributed by atoms with Crippen molar-refractivity contribution in [3.05, 3.63) is 18.1 Å². The van der Waals surface area contributed by atoms with Gasteiger partial charge in [0.15, 0.2) is 5.69 Å². The summed E-state index contributed by atoms with van der Waals surface area (Å²) >= 11 is 0. The van der Waals surface area contributed by atoms with Crippen molar-refractivity contribution in [2.45, 2.75) is 12.8 Å². The van der Waals surface area contributed by atoms with Crippen molar-refractivity contribution >= 4 is 11.8 Å². The molecule has 1 aromatic rings. The van der Waals surface area contributed by atoms with Crippen LogP contribution in [0.15, 0.2) is 12.4 Å². The van der Waals surface area contributed by atoms with E-state index >= 15 is 0 Å². The molecule has 7 nitrogen and oxygen atoms in total. The molecule has 1 N–H and O–H groups in total. The van der Waals surface area contributed by atoms with Gasteiger partial charge in [0.25, 0.3) is 0 Å². The molecule has 1 aromatic heterocycles. The number of hydrogen-bond donors (Lipinski definition) is 1. The Hall–Kier alpha value is -1.73. The van der Waals surface area contributed by atoms with Gasteiger partial charge in [0.1, 0.15) is 5.82 Å². The van der Waals surface area contributed by atoms with Crippen LogP contribution < -0.4 is 5.32 Å². The highest BCUT2D eigenvalue weighted by molar-refractivity contribution is 5.87. The first-order chi connectivity index (χ1) is 9.77. The van der Waals surface area contributed by atoms with E-state index in [2.05, 4.69) is 20.0 Å². The number of unbranched alkanes of at least 4 members (excludes halogenated alkanes) is 1. The Morgan fingerprint density at radius 3 is 2.80 bits per heavy atom. The molecule has 0 saturated heterocycles. The van der Waals surface area contributed by atoms with Gasteiger partial charge in [-0.3, -0.25) is 4.98 Å². The van der Waals surface area contributed by atoms with Crippen LogP contribution >= 0.6 is 0 Å². The quantitative estimate of drug-likeness (QED) is 0.509. The van der Waals surface area contributed by atoms with E-state index in [1.807, 2.05) is 0 Å². The highest BCUT2D eigenvalue weighted by Crippen LogP contribution is 2.03. The smallest absolute Gasteiger partial charge is 0.358 e. The zero-order valence-electron chi connectivity index (χ0n) is 11.9. The van der Waals surface area contributed by atoms with E-state index in [1.54, 1.807) is 13.3 Å². The van der Waals surface area contributed by atoms with Gasteiger partial charge in [0.05, 0.1) is 32.7 Å². The third kappa shape index (κ3) is 6.44. The van der Waals surface area contributed by atoms with Gasteiger partial charge in [-0.2, -0.15) is 0 Å². The van der Waals surface area contributed by atoms with Crippen molar-refractivity contribution in [3.8, 4) is 0 Å². The maximum atomic E-state index is 11.3. The van der Waals surface area contributed by atoms with Crippen molar-refractivity contribution in [1.29, 1.82) is 0 Å². The van der Waals surface area contributed by atoms with Crippen molar-refractivity contribution in [1.82, 2.24) is 9.97 Å². The summed E-state index contributed by atoms with van der Waals surface area (Å²) in [6.45, 7) is 2.69. The molecule has 0 atom stereocenters. The Bertz CT molecular complexity index is 401. The van der Waals surface area contributed by atoms with Gasteiger partial charge in [-0.15, -0.1) is 0 Å². The maximum absolute atomic E-state index is 11.3. The highest BCUT2D eigenvalue weighted by atomic mass is 16.5. The van der Waals surface area contributed by atoms with Crippen LogP contribution in [0.5, 0.6) is 0 Å². The molecule has 0 spiro atoms. The number of rotatable bonds is 10. The molecule has 20 heavy (non-hydrogen) atoms. The molecule has 0 unspecified atom stereocenters. The summed E-state index contributed by atoms with van der Waals surface area (Å²) in [5.41, 5.74) is 0.195. The van der Waals surface area contributed by atoms with Crippen LogP contribution in [0.2, 0.25) is 0 Å². The first kappa shape index (κ1) is 16.3. The van der Waals surface area contributed by atoms with E-state index in [4.69, 9.17) is 9.47 Å². The number of carbonyl (C=O) groups excluding carboxylic acids is 1. The van der Waals surface area contributed by atoms with Crippen LogP contribution in [0.25, 0.3) is 0 Å². The van der Waals surface area contributed by atoms with Gasteiger partial charge >= 0.3 is 5.97 Å². The summed E-state index contributed by atoms with van der Waals surface area (Å²) in [5.74, 6) is 0.0703. The minimum absolute atomic E-state index is 0.195. The van der Waals surface area contributed by atoms with E-state index in [9.17, 15) is 4.79 Å². The lowest BCUT2D eigenvalue weighted by Gasteiger charge is -2.06. The zero-order valence-corrected chi connectivity index (χ0v) is 11.9. The standard InChI is InChI=1S/C13H21N3O4/c1-18-7-8-20-6-4-3-5-15-12-10-14-9-11(16-12)13(17)19-2/h9-10H,3-8H2,1-2H3,(H,15,16). The lowest BCUT2D eigenvalue weighted by molar-refractivity contribution is 0.0593. The molecule has 0 saturated carbocycles. The second-order valence-electron chi connectivity index (χ2n) is 4.02. The average molecular weight is 283 g/mol. The first-order valence-electron chi connectivity index (χ1n) is 6.49. The Labute approximate surface area is 118 Å². The summed E-state index contributed by atoms with van der Waals surface area (Å²) in [6, 6.07) is 0. The molecule has 0 radical (unpaired) electrons. The van der Waals surface area contributed by atoms with Gasteiger partial charge in [-0.05, 0) is 12.8 Å². The third-order valence-corrected chi connectivity index (χ3v) is 2.48. The second-order valence-corrected chi connectivity index (χ2v) is 4.02. The second kappa shape index (κ2) is 10.1. The summed E-state index contributed by atoms with van der Waals surface area (Å²) < 4.78 is 14.8. The van der Waals surface area contributed by atoms with Crippen molar-refractivity contribution in [2.75, 3.05) is 45.9 Å². The molecule has 112 valence electrons. The first-order valence-corrected chi connectivity index (χ1v) is 6.49. The molecule has 7 heteroatoms. The van der Waals surface area contributed by atoms with Crippen molar-refractivity contribution in [2.24, 2.45) is 0 Å².